The van der Waals surface area contributed by atoms with Crippen LogP contribution < -0.4 is 5.32 Å². The van der Waals surface area contributed by atoms with Gasteiger partial charge in [0, 0.05) is 5.54 Å². The van der Waals surface area contributed by atoms with Gasteiger partial charge < -0.3 is 10.2 Å². The monoisotopic (exact) mass is 240 g/mol. The van der Waals surface area contributed by atoms with Gasteiger partial charge in [0.1, 0.15) is 0 Å². The van der Waals surface area contributed by atoms with Crippen LogP contribution in [0.3, 0.4) is 0 Å². The summed E-state index contributed by atoms with van der Waals surface area (Å²) in [5, 5.41) is 3.69. The van der Waals surface area contributed by atoms with E-state index < -0.39 is 0 Å². The van der Waals surface area contributed by atoms with E-state index in [-0.39, 0.29) is 24.8 Å². The average molecular weight is 241 g/mol. The van der Waals surface area contributed by atoms with E-state index in [1.54, 1.807) is 0 Å². The molecule has 0 radical (unpaired) electrons. The van der Waals surface area contributed by atoms with Crippen LogP contribution in [0.25, 0.3) is 0 Å². The number of nitrogens with one attached hydrogen (secondary N) is 1. The number of rotatable bonds is 1. The molecule has 2 fully saturated rings. The largest absolute Gasteiger partial charge is 0.311 e. The fraction of sp³-hybridized carbons (Fsp3) is 1.00. The van der Waals surface area contributed by atoms with Gasteiger partial charge in [0.25, 0.3) is 0 Å². The average Bonchev–Trinajstić information content (AvgIpc) is 2.55. The van der Waals surface area contributed by atoms with Crippen LogP contribution in [0, 0.1) is 0 Å². The lowest BCUT2D eigenvalue weighted by Gasteiger charge is -2.39. The van der Waals surface area contributed by atoms with Gasteiger partial charge in [0.15, 0.2) is 0 Å². The zero-order valence-electron chi connectivity index (χ0n) is 8.92. The van der Waals surface area contributed by atoms with Crippen molar-refractivity contribution in [1.82, 2.24) is 10.2 Å². The number of hydrogen-bond acceptors (Lipinski definition) is 2. The number of piperidine rings is 1. The molecular weight excluding hydrogens is 219 g/mol. The molecule has 0 aromatic rings. The van der Waals surface area contributed by atoms with Crippen molar-refractivity contribution >= 4 is 24.8 Å². The van der Waals surface area contributed by atoms with E-state index in [0.717, 1.165) is 0 Å². The van der Waals surface area contributed by atoms with Gasteiger partial charge in [-0.05, 0) is 51.9 Å². The topological polar surface area (TPSA) is 15.3 Å². The lowest BCUT2D eigenvalue weighted by molar-refractivity contribution is 0.154. The standard InChI is InChI=1S/C10H20N2.2ClH/c1-2-12-8-5-10(6-9-12)4-3-7-11-10;;/h11H,2-9H2,1H3;2*1H. The molecule has 0 atom stereocenters. The van der Waals surface area contributed by atoms with Crippen molar-refractivity contribution in [3.63, 3.8) is 0 Å². The molecule has 2 saturated heterocycles. The summed E-state index contributed by atoms with van der Waals surface area (Å²) >= 11 is 0. The Kier molecular flexibility index (Phi) is 6.38. The van der Waals surface area contributed by atoms with E-state index >= 15 is 0 Å². The van der Waals surface area contributed by atoms with E-state index in [0.29, 0.717) is 5.54 Å². The Morgan fingerprint density at radius 3 is 2.21 bits per heavy atom. The van der Waals surface area contributed by atoms with Crippen molar-refractivity contribution in [2.24, 2.45) is 0 Å². The van der Waals surface area contributed by atoms with E-state index in [1.807, 2.05) is 0 Å². The summed E-state index contributed by atoms with van der Waals surface area (Å²) in [6, 6.07) is 0. The zero-order chi connectivity index (χ0) is 8.44. The second-order valence-electron chi connectivity index (χ2n) is 4.24. The molecule has 2 heterocycles. The molecule has 0 saturated carbocycles. The minimum absolute atomic E-state index is 0. The third-order valence-electron chi connectivity index (χ3n) is 3.59. The number of nitrogens with zero attached hydrogens (tertiary/aromatic N) is 1. The molecule has 0 unspecified atom stereocenters. The van der Waals surface area contributed by atoms with E-state index in [1.165, 1.54) is 51.9 Å². The molecule has 2 aliphatic rings. The Balaban J connectivity index is 0.000000845. The molecule has 2 rings (SSSR count). The van der Waals surface area contributed by atoms with Crippen molar-refractivity contribution in [3.05, 3.63) is 0 Å². The highest BCUT2D eigenvalue weighted by Crippen LogP contribution is 2.30. The Morgan fingerprint density at radius 2 is 1.79 bits per heavy atom. The van der Waals surface area contributed by atoms with Crippen LogP contribution in [-0.4, -0.2) is 36.6 Å². The summed E-state index contributed by atoms with van der Waals surface area (Å²) in [6.07, 6.45) is 5.57. The van der Waals surface area contributed by atoms with E-state index in [4.69, 9.17) is 0 Å². The van der Waals surface area contributed by atoms with Crippen molar-refractivity contribution in [1.29, 1.82) is 0 Å². The minimum Gasteiger partial charge on any atom is -0.311 e. The molecule has 4 heteroatoms. The minimum atomic E-state index is 0. The van der Waals surface area contributed by atoms with Crippen LogP contribution in [0.15, 0.2) is 0 Å². The smallest absolute Gasteiger partial charge is 0.0206 e. The lowest BCUT2D eigenvalue weighted by atomic mass is 9.86. The highest BCUT2D eigenvalue weighted by molar-refractivity contribution is 5.85. The zero-order valence-corrected chi connectivity index (χ0v) is 10.6. The first-order chi connectivity index (χ1) is 5.85. The second-order valence-corrected chi connectivity index (χ2v) is 4.24. The molecular formula is C10H22Cl2N2. The molecule has 0 aromatic heterocycles. The summed E-state index contributed by atoms with van der Waals surface area (Å²) in [5.41, 5.74) is 0.561. The fourth-order valence-electron chi connectivity index (χ4n) is 2.59. The van der Waals surface area contributed by atoms with Gasteiger partial charge in [-0.15, -0.1) is 24.8 Å². The molecule has 0 bridgehead atoms. The Morgan fingerprint density at radius 1 is 1.14 bits per heavy atom. The first-order valence-corrected chi connectivity index (χ1v) is 5.32. The summed E-state index contributed by atoms with van der Waals surface area (Å²) in [4.78, 5) is 2.56. The Labute approximate surface area is 99.6 Å². The molecule has 0 aliphatic carbocycles. The molecule has 1 N–H and O–H groups in total. The summed E-state index contributed by atoms with van der Waals surface area (Å²) < 4.78 is 0. The molecule has 14 heavy (non-hydrogen) atoms. The Hall–Kier alpha value is 0.500. The van der Waals surface area contributed by atoms with E-state index in [9.17, 15) is 0 Å². The molecule has 2 nitrogen and oxygen atoms in total. The predicted octanol–water partition coefficient (Wildman–Crippen LogP) is 2.07. The van der Waals surface area contributed by atoms with E-state index in [2.05, 4.69) is 17.1 Å². The Bertz CT molecular complexity index is 148. The van der Waals surface area contributed by atoms with Crippen molar-refractivity contribution in [2.75, 3.05) is 26.2 Å². The highest BCUT2D eigenvalue weighted by atomic mass is 35.5. The maximum absolute atomic E-state index is 3.69. The molecule has 2 aliphatic heterocycles. The molecule has 86 valence electrons. The molecule has 0 amide bonds. The van der Waals surface area contributed by atoms with Crippen LogP contribution in [0.4, 0.5) is 0 Å². The summed E-state index contributed by atoms with van der Waals surface area (Å²) in [5.74, 6) is 0. The number of halogens is 2. The van der Waals surface area contributed by atoms with Gasteiger partial charge in [-0.1, -0.05) is 6.92 Å². The summed E-state index contributed by atoms with van der Waals surface area (Å²) in [6.45, 7) is 7.37. The van der Waals surface area contributed by atoms with Gasteiger partial charge in [-0.3, -0.25) is 0 Å². The molecule has 0 aromatic carbocycles. The van der Waals surface area contributed by atoms with Crippen LogP contribution >= 0.6 is 24.8 Å². The third-order valence-corrected chi connectivity index (χ3v) is 3.59. The molecule has 1 spiro atoms. The second kappa shape index (κ2) is 6.16. The maximum atomic E-state index is 3.69. The van der Waals surface area contributed by atoms with Crippen LogP contribution in [0.5, 0.6) is 0 Å². The highest BCUT2D eigenvalue weighted by Gasteiger charge is 2.35. The SMILES string of the molecule is CCN1CCC2(CCCN2)CC1.Cl.Cl. The van der Waals surface area contributed by atoms with Crippen LogP contribution in [0.1, 0.15) is 32.6 Å². The van der Waals surface area contributed by atoms with Gasteiger partial charge in [-0.25, -0.2) is 0 Å². The quantitative estimate of drug-likeness (QED) is 0.756. The van der Waals surface area contributed by atoms with Crippen molar-refractivity contribution < 1.29 is 0 Å². The van der Waals surface area contributed by atoms with Crippen LogP contribution in [-0.2, 0) is 0 Å². The van der Waals surface area contributed by atoms with Gasteiger partial charge in [-0.2, -0.15) is 0 Å². The van der Waals surface area contributed by atoms with Gasteiger partial charge in [0.2, 0.25) is 0 Å². The lowest BCUT2D eigenvalue weighted by Crippen LogP contribution is -2.49. The fourth-order valence-corrected chi connectivity index (χ4v) is 2.59. The summed E-state index contributed by atoms with van der Waals surface area (Å²) in [7, 11) is 0. The predicted molar refractivity (Wildman–Crippen MR) is 65.8 cm³/mol. The number of likely N-dealkylation sites (tertiary alicyclic amines) is 1. The first kappa shape index (κ1) is 14.5. The normalized spacial score (nSPS) is 25.5. The van der Waals surface area contributed by atoms with Crippen LogP contribution in [0.2, 0.25) is 0 Å². The third kappa shape index (κ3) is 2.99. The number of hydrogen-bond donors (Lipinski definition) is 1. The van der Waals surface area contributed by atoms with Crippen molar-refractivity contribution in [2.45, 2.75) is 38.1 Å². The van der Waals surface area contributed by atoms with Gasteiger partial charge >= 0.3 is 0 Å². The first-order valence-electron chi connectivity index (χ1n) is 5.32. The maximum Gasteiger partial charge on any atom is 0.0206 e. The van der Waals surface area contributed by atoms with Gasteiger partial charge in [0.05, 0.1) is 0 Å². The van der Waals surface area contributed by atoms with Crippen molar-refractivity contribution in [3.8, 4) is 0 Å².